The first-order valence-electron chi connectivity index (χ1n) is 6.41. The van der Waals surface area contributed by atoms with Crippen LogP contribution in [0.15, 0.2) is 0 Å². The highest BCUT2D eigenvalue weighted by Gasteiger charge is 2.21. The summed E-state index contributed by atoms with van der Waals surface area (Å²) in [6.45, 7) is 8.67. The molecule has 1 saturated heterocycles. The second-order valence-corrected chi connectivity index (χ2v) is 5.20. The largest absolute Gasteiger partial charge is 0.343 e. The van der Waals surface area contributed by atoms with Gasteiger partial charge in [-0.15, -0.1) is 0 Å². The summed E-state index contributed by atoms with van der Waals surface area (Å²) >= 11 is 0. The average Bonchev–Trinajstić information content (AvgIpc) is 2.68. The molecule has 0 aliphatic carbocycles. The summed E-state index contributed by atoms with van der Waals surface area (Å²) < 4.78 is 0. The average molecular weight is 211 g/mol. The lowest BCUT2D eigenvalue weighted by Gasteiger charge is -2.21. The fraction of sp³-hybridized carbons (Fsp3) is 0.923. The zero-order valence-corrected chi connectivity index (χ0v) is 10.5. The number of carbonyl (C=O) groups excluding carboxylic acids is 1. The van der Waals surface area contributed by atoms with Gasteiger partial charge >= 0.3 is 0 Å². The van der Waals surface area contributed by atoms with Gasteiger partial charge in [0, 0.05) is 19.5 Å². The van der Waals surface area contributed by atoms with Crippen molar-refractivity contribution in [2.45, 2.75) is 52.9 Å². The van der Waals surface area contributed by atoms with Crippen LogP contribution in [0, 0.1) is 11.8 Å². The van der Waals surface area contributed by atoms with E-state index in [2.05, 4.69) is 20.8 Å². The maximum Gasteiger partial charge on any atom is 0.222 e. The van der Waals surface area contributed by atoms with Gasteiger partial charge in [-0.25, -0.2) is 0 Å². The van der Waals surface area contributed by atoms with Crippen molar-refractivity contribution in [1.29, 1.82) is 0 Å². The van der Waals surface area contributed by atoms with Crippen molar-refractivity contribution in [1.82, 2.24) is 4.90 Å². The predicted molar refractivity (Wildman–Crippen MR) is 63.7 cm³/mol. The third-order valence-corrected chi connectivity index (χ3v) is 3.30. The van der Waals surface area contributed by atoms with Gasteiger partial charge in [0.05, 0.1) is 0 Å². The summed E-state index contributed by atoms with van der Waals surface area (Å²) in [6.07, 6.45) is 5.50. The van der Waals surface area contributed by atoms with Gasteiger partial charge in [0.25, 0.3) is 0 Å². The van der Waals surface area contributed by atoms with Crippen LogP contribution in [0.1, 0.15) is 52.9 Å². The molecule has 0 aromatic rings. The minimum atomic E-state index is 0.389. The molecule has 0 spiro atoms. The van der Waals surface area contributed by atoms with Crippen molar-refractivity contribution in [3.8, 4) is 0 Å². The summed E-state index contributed by atoms with van der Waals surface area (Å²) in [7, 11) is 0. The van der Waals surface area contributed by atoms with E-state index in [4.69, 9.17) is 0 Å². The number of likely N-dealkylation sites (tertiary alicyclic amines) is 1. The van der Waals surface area contributed by atoms with Crippen molar-refractivity contribution in [2.24, 2.45) is 11.8 Å². The molecule has 15 heavy (non-hydrogen) atoms. The zero-order valence-electron chi connectivity index (χ0n) is 10.5. The third-order valence-electron chi connectivity index (χ3n) is 3.30. The molecule has 0 N–H and O–H groups in total. The fourth-order valence-electron chi connectivity index (χ4n) is 2.40. The molecule has 1 aliphatic rings. The van der Waals surface area contributed by atoms with Crippen LogP contribution in [0.25, 0.3) is 0 Å². The molecule has 2 nitrogen and oxygen atoms in total. The van der Waals surface area contributed by atoms with E-state index in [1.54, 1.807) is 0 Å². The van der Waals surface area contributed by atoms with Crippen molar-refractivity contribution in [2.75, 3.05) is 13.1 Å². The van der Waals surface area contributed by atoms with Crippen LogP contribution in [-0.4, -0.2) is 23.9 Å². The monoisotopic (exact) mass is 211 g/mol. The summed E-state index contributed by atoms with van der Waals surface area (Å²) in [5, 5.41) is 0. The molecule has 1 heterocycles. The third kappa shape index (κ3) is 4.23. The summed E-state index contributed by atoms with van der Waals surface area (Å²) in [6, 6.07) is 0. The van der Waals surface area contributed by atoms with E-state index < -0.39 is 0 Å². The first kappa shape index (κ1) is 12.5. The van der Waals surface area contributed by atoms with Crippen LogP contribution < -0.4 is 0 Å². The first-order chi connectivity index (χ1) is 7.13. The first-order valence-corrected chi connectivity index (χ1v) is 6.41. The Morgan fingerprint density at radius 3 is 2.33 bits per heavy atom. The van der Waals surface area contributed by atoms with Crippen molar-refractivity contribution in [3.05, 3.63) is 0 Å². The van der Waals surface area contributed by atoms with Gasteiger partial charge in [-0.05, 0) is 31.1 Å². The molecular formula is C13H25NO. The van der Waals surface area contributed by atoms with Crippen LogP contribution in [-0.2, 0) is 4.79 Å². The summed E-state index contributed by atoms with van der Waals surface area (Å²) in [5.41, 5.74) is 0. The smallest absolute Gasteiger partial charge is 0.222 e. The number of amides is 1. The minimum absolute atomic E-state index is 0.389. The lowest BCUT2D eigenvalue weighted by atomic mass is 9.91. The van der Waals surface area contributed by atoms with E-state index >= 15 is 0 Å². The Labute approximate surface area is 94.0 Å². The Kier molecular flexibility index (Phi) is 5.13. The molecule has 0 aromatic carbocycles. The maximum atomic E-state index is 11.9. The highest BCUT2D eigenvalue weighted by molar-refractivity contribution is 5.76. The molecule has 2 heteroatoms. The van der Waals surface area contributed by atoms with Crippen molar-refractivity contribution in [3.63, 3.8) is 0 Å². The highest BCUT2D eigenvalue weighted by Crippen LogP contribution is 2.21. The van der Waals surface area contributed by atoms with Gasteiger partial charge < -0.3 is 4.90 Å². The molecule has 1 rings (SSSR count). The van der Waals surface area contributed by atoms with Crippen molar-refractivity contribution < 1.29 is 4.79 Å². The molecule has 0 saturated carbocycles. The molecule has 1 atom stereocenters. The Balaban J connectivity index is 2.33. The second kappa shape index (κ2) is 6.14. The molecule has 0 bridgehead atoms. The number of nitrogens with zero attached hydrogens (tertiary/aromatic N) is 1. The van der Waals surface area contributed by atoms with Gasteiger partial charge in [-0.1, -0.05) is 27.2 Å². The van der Waals surface area contributed by atoms with Gasteiger partial charge in [0.15, 0.2) is 0 Å². The molecule has 1 unspecified atom stereocenters. The van der Waals surface area contributed by atoms with Crippen LogP contribution in [0.5, 0.6) is 0 Å². The lowest BCUT2D eigenvalue weighted by molar-refractivity contribution is -0.131. The molecule has 88 valence electrons. The molecule has 1 fully saturated rings. The van der Waals surface area contributed by atoms with Gasteiger partial charge in [0.2, 0.25) is 5.91 Å². The SMILES string of the molecule is CCC(CC(=O)N1CCCC1)CC(C)C. The lowest BCUT2D eigenvalue weighted by Crippen LogP contribution is -2.29. The Bertz CT molecular complexity index is 195. The Morgan fingerprint density at radius 1 is 1.27 bits per heavy atom. The van der Waals surface area contributed by atoms with Crippen molar-refractivity contribution >= 4 is 5.91 Å². The summed E-state index contributed by atoms with van der Waals surface area (Å²) in [5.74, 6) is 1.69. The second-order valence-electron chi connectivity index (χ2n) is 5.20. The van der Waals surface area contributed by atoms with Crippen LogP contribution >= 0.6 is 0 Å². The van der Waals surface area contributed by atoms with E-state index in [1.807, 2.05) is 4.90 Å². The molecular weight excluding hydrogens is 186 g/mol. The number of rotatable bonds is 5. The quantitative estimate of drug-likeness (QED) is 0.684. The fourth-order valence-corrected chi connectivity index (χ4v) is 2.40. The molecule has 1 aliphatic heterocycles. The normalized spacial score (nSPS) is 18.5. The number of hydrogen-bond acceptors (Lipinski definition) is 1. The Morgan fingerprint density at radius 2 is 1.87 bits per heavy atom. The van der Waals surface area contributed by atoms with E-state index in [9.17, 15) is 4.79 Å². The molecule has 0 radical (unpaired) electrons. The van der Waals surface area contributed by atoms with E-state index in [0.717, 1.165) is 25.9 Å². The minimum Gasteiger partial charge on any atom is -0.343 e. The Hall–Kier alpha value is -0.530. The van der Waals surface area contributed by atoms with Crippen LogP contribution in [0.2, 0.25) is 0 Å². The maximum absolute atomic E-state index is 11.9. The standard InChI is InChI=1S/C13H25NO/c1-4-12(9-11(2)3)10-13(15)14-7-5-6-8-14/h11-12H,4-10H2,1-3H3. The highest BCUT2D eigenvalue weighted by atomic mass is 16.2. The van der Waals surface area contributed by atoms with Gasteiger partial charge in [0.1, 0.15) is 0 Å². The van der Waals surface area contributed by atoms with E-state index in [0.29, 0.717) is 17.7 Å². The van der Waals surface area contributed by atoms with Crippen LogP contribution in [0.3, 0.4) is 0 Å². The zero-order chi connectivity index (χ0) is 11.3. The van der Waals surface area contributed by atoms with Gasteiger partial charge in [-0.3, -0.25) is 4.79 Å². The van der Waals surface area contributed by atoms with Gasteiger partial charge in [-0.2, -0.15) is 0 Å². The predicted octanol–water partition coefficient (Wildman–Crippen LogP) is 3.07. The summed E-state index contributed by atoms with van der Waals surface area (Å²) in [4.78, 5) is 14.0. The van der Waals surface area contributed by atoms with Crippen LogP contribution in [0.4, 0.5) is 0 Å². The van der Waals surface area contributed by atoms with E-state index in [-0.39, 0.29) is 0 Å². The number of hydrogen-bond donors (Lipinski definition) is 0. The molecule has 1 amide bonds. The number of carbonyl (C=O) groups is 1. The molecule has 0 aromatic heterocycles. The van der Waals surface area contributed by atoms with E-state index in [1.165, 1.54) is 19.3 Å². The topological polar surface area (TPSA) is 20.3 Å².